The quantitative estimate of drug-likeness (QED) is 0.0691. The summed E-state index contributed by atoms with van der Waals surface area (Å²) in [6.45, 7) is 1.06. The highest BCUT2D eigenvalue weighted by Crippen LogP contribution is 2.69. The fourth-order valence-corrected chi connectivity index (χ4v) is 7.94. The molecular formula is C21H20N5O16P3S-4. The van der Waals surface area contributed by atoms with E-state index in [0.717, 1.165) is 24.7 Å². The summed E-state index contributed by atoms with van der Waals surface area (Å²) in [5.41, 5.74) is -0.425. The molecular weight excluding hydrogens is 703 g/mol. The van der Waals surface area contributed by atoms with Crippen LogP contribution in [0.3, 0.4) is 0 Å². The van der Waals surface area contributed by atoms with Crippen LogP contribution in [0.1, 0.15) is 25.6 Å². The van der Waals surface area contributed by atoms with Crippen LogP contribution in [-0.2, 0) is 58.3 Å². The molecule has 21 nitrogen and oxygen atoms in total. The topological polar surface area (TPSA) is 312 Å². The van der Waals surface area contributed by atoms with Crippen molar-refractivity contribution >= 4 is 70.0 Å². The van der Waals surface area contributed by atoms with E-state index in [4.69, 9.17) is 18.7 Å². The van der Waals surface area contributed by atoms with Crippen LogP contribution in [-0.4, -0.2) is 72.1 Å². The smallest absolute Gasteiger partial charge is 0.513 e. The molecule has 1 aromatic carbocycles. The zero-order chi connectivity index (χ0) is 34.0. The van der Waals surface area contributed by atoms with E-state index in [-0.39, 0.29) is 16.7 Å². The summed E-state index contributed by atoms with van der Waals surface area (Å²) >= 11 is 4.57. The Morgan fingerprint density at radius 3 is 2.37 bits per heavy atom. The number of imidazole rings is 1. The molecule has 0 aliphatic carbocycles. The van der Waals surface area contributed by atoms with Gasteiger partial charge in [0, 0.05) is 19.7 Å². The van der Waals surface area contributed by atoms with Gasteiger partial charge in [0.1, 0.15) is 18.2 Å². The molecule has 0 saturated carbocycles. The minimum Gasteiger partial charge on any atom is -0.858 e. The first-order valence-electron chi connectivity index (χ1n) is 12.3. The number of aromatic nitrogens is 4. The van der Waals surface area contributed by atoms with Crippen molar-refractivity contribution in [1.29, 1.82) is 0 Å². The average molecular weight is 723 g/mol. The Kier molecular flexibility index (Phi) is 10.8. The van der Waals surface area contributed by atoms with Crippen LogP contribution in [0, 0.1) is 0 Å². The van der Waals surface area contributed by atoms with Gasteiger partial charge in [-0.3, -0.25) is 18.5 Å². The second kappa shape index (κ2) is 13.9. The van der Waals surface area contributed by atoms with Crippen molar-refractivity contribution in [3.63, 3.8) is 0 Å². The highest BCUT2D eigenvalue weighted by atomic mass is 32.7. The Morgan fingerprint density at radius 1 is 1.13 bits per heavy atom. The number of ether oxygens (including phenoxy) is 3. The Hall–Kier alpha value is -3.10. The van der Waals surface area contributed by atoms with Crippen molar-refractivity contribution in [2.24, 2.45) is 4.99 Å². The number of nitrogens with zero attached hydrogens (tertiary/aromatic N) is 5. The first-order valence-corrected chi connectivity index (χ1v) is 17.9. The van der Waals surface area contributed by atoms with Crippen molar-refractivity contribution in [3.05, 3.63) is 42.2 Å². The molecule has 0 radical (unpaired) electrons. The van der Waals surface area contributed by atoms with E-state index in [0.29, 0.717) is 0 Å². The Labute approximate surface area is 263 Å². The molecule has 4 rings (SSSR count). The number of esters is 2. The Balaban J connectivity index is 1.68. The molecule has 46 heavy (non-hydrogen) atoms. The normalized spacial score (nSPS) is 23.1. The SMILES string of the molecule is CC(=O)O[C@@H]1[C@H](OC(C)=O)[C@@H](CO[P+](O)([S-])OP(=O)(O)OP(=O)([O-])[O-])O[C@H]1n1cnc2c([O-])nc(N=C([O-])c3ccccc3)nc21. The fourth-order valence-electron chi connectivity index (χ4n) is 4.03. The first kappa shape index (κ1) is 35.7. The van der Waals surface area contributed by atoms with Crippen LogP contribution < -0.4 is 20.0 Å². The third-order valence-electron chi connectivity index (χ3n) is 5.58. The molecule has 2 N–H and O–H groups in total. The number of hydrogen-bond acceptors (Lipinski definition) is 20. The second-order valence-corrected chi connectivity index (χ2v) is 14.7. The molecule has 2 unspecified atom stereocenters. The number of carbonyl (C=O) groups is 2. The lowest BCUT2D eigenvalue weighted by Crippen LogP contribution is -2.40. The standard InChI is InChI=1S/C21H24N5O16P3S/c1-10(27)38-15-13(8-37-45(36,46)42-44(34,35)41-43(31,32)33)40-20(16(15)39-11(2)28)26-9-22-14-17(26)23-21(25-19(14)30)24-18(29)12-6-4-3-5-7-12/h3-7,9,13,15-16,20H,8H2,1-2H3,(H,34,35)(H,36,46)(H2,31,32,33)(H2,23,24,25,29,30)/p-4/t13-,15-,16-,20-,45?/m1/s1. The molecule has 3 heterocycles. The van der Waals surface area contributed by atoms with Gasteiger partial charge in [-0.05, 0) is 11.5 Å². The first-order chi connectivity index (χ1) is 21.3. The van der Waals surface area contributed by atoms with E-state index in [1.54, 1.807) is 18.2 Å². The van der Waals surface area contributed by atoms with Gasteiger partial charge in [0.15, 0.2) is 24.1 Å². The molecule has 3 aromatic rings. The van der Waals surface area contributed by atoms with E-state index < -0.39 is 83.6 Å². The van der Waals surface area contributed by atoms with Crippen molar-refractivity contribution < 1.29 is 75.9 Å². The Bertz CT molecular complexity index is 1740. The molecule has 25 heteroatoms. The monoisotopic (exact) mass is 723 g/mol. The third kappa shape index (κ3) is 9.25. The highest BCUT2D eigenvalue weighted by Gasteiger charge is 2.52. The predicted molar refractivity (Wildman–Crippen MR) is 144 cm³/mol. The van der Waals surface area contributed by atoms with Gasteiger partial charge in [-0.25, -0.2) is 24.4 Å². The molecule has 0 bridgehead atoms. The molecule has 1 saturated heterocycles. The third-order valence-corrected chi connectivity index (χ3v) is 10.2. The fraction of sp³-hybridized carbons (Fsp3) is 0.333. The number of phosphoric acid groups is 2. The summed E-state index contributed by atoms with van der Waals surface area (Å²) in [6, 6.07) is 7.77. The van der Waals surface area contributed by atoms with Crippen LogP contribution in [0.15, 0.2) is 41.7 Å². The second-order valence-electron chi connectivity index (χ2n) is 8.99. The van der Waals surface area contributed by atoms with Crippen LogP contribution in [0.5, 0.6) is 5.88 Å². The van der Waals surface area contributed by atoms with Gasteiger partial charge < -0.3 is 55.9 Å². The van der Waals surface area contributed by atoms with Crippen molar-refractivity contribution in [2.75, 3.05) is 6.61 Å². The van der Waals surface area contributed by atoms with E-state index >= 15 is 0 Å². The lowest BCUT2D eigenvalue weighted by Gasteiger charge is -2.31. The number of fused-ring (bicyclic) bond motifs is 1. The van der Waals surface area contributed by atoms with Crippen molar-refractivity contribution in [1.82, 2.24) is 19.5 Å². The molecule has 2 aromatic heterocycles. The van der Waals surface area contributed by atoms with E-state index in [1.807, 2.05) is 0 Å². The van der Waals surface area contributed by atoms with E-state index in [2.05, 4.69) is 40.8 Å². The van der Waals surface area contributed by atoms with Crippen LogP contribution >= 0.6 is 22.8 Å². The maximum absolute atomic E-state index is 12.7. The molecule has 1 fully saturated rings. The van der Waals surface area contributed by atoms with Crippen LogP contribution in [0.25, 0.3) is 11.2 Å². The lowest BCUT2D eigenvalue weighted by molar-refractivity contribution is -0.334. The van der Waals surface area contributed by atoms with Crippen molar-refractivity contribution in [3.8, 4) is 5.88 Å². The minimum absolute atomic E-state index is 0.168. The molecule has 250 valence electrons. The van der Waals surface area contributed by atoms with Gasteiger partial charge in [-0.1, -0.05) is 34.6 Å². The molecule has 0 spiro atoms. The zero-order valence-corrected chi connectivity index (χ0v) is 26.6. The van der Waals surface area contributed by atoms with E-state index in [9.17, 15) is 48.5 Å². The summed E-state index contributed by atoms with van der Waals surface area (Å²) in [5.74, 6) is -4.11. The zero-order valence-electron chi connectivity index (χ0n) is 23.1. The maximum atomic E-state index is 12.7. The number of rotatable bonds is 12. The number of hydrogen-bond donors (Lipinski definition) is 2. The summed E-state index contributed by atoms with van der Waals surface area (Å²) in [4.78, 5) is 80.5. The summed E-state index contributed by atoms with van der Waals surface area (Å²) in [6.07, 6.45) is -5.12. The van der Waals surface area contributed by atoms with Gasteiger partial charge in [-0.2, -0.15) is 9.51 Å². The summed E-state index contributed by atoms with van der Waals surface area (Å²) in [7, 11) is -16.8. The average Bonchev–Trinajstić information content (AvgIpc) is 3.47. The van der Waals surface area contributed by atoms with Crippen LogP contribution in [0.2, 0.25) is 0 Å². The van der Waals surface area contributed by atoms with Crippen LogP contribution in [0.4, 0.5) is 5.95 Å². The van der Waals surface area contributed by atoms with Gasteiger partial charge in [0.05, 0.1) is 14.2 Å². The Morgan fingerprint density at radius 2 is 1.76 bits per heavy atom. The van der Waals surface area contributed by atoms with Gasteiger partial charge >= 0.3 is 26.9 Å². The largest absolute Gasteiger partial charge is 0.858 e. The van der Waals surface area contributed by atoms with Crippen molar-refractivity contribution in [2.45, 2.75) is 38.4 Å². The minimum atomic E-state index is -6.08. The van der Waals surface area contributed by atoms with Gasteiger partial charge in [-0.15, -0.1) is 0 Å². The van der Waals surface area contributed by atoms with E-state index in [1.165, 1.54) is 12.1 Å². The number of carbonyl (C=O) groups excluding carboxylic acids is 2. The molecule has 6 atom stereocenters. The summed E-state index contributed by atoms with van der Waals surface area (Å²) in [5, 5.41) is 25.3. The molecule has 0 amide bonds. The number of aliphatic imine (C=N–C) groups is 1. The molecule has 1 aliphatic rings. The molecule has 1 aliphatic heterocycles. The van der Waals surface area contributed by atoms with Gasteiger partial charge in [0.2, 0.25) is 5.95 Å². The van der Waals surface area contributed by atoms with Gasteiger partial charge in [0.25, 0.3) is 0 Å². The highest BCUT2D eigenvalue weighted by molar-refractivity contribution is 8.36. The summed E-state index contributed by atoms with van der Waals surface area (Å²) < 4.78 is 52.4. The predicted octanol–water partition coefficient (Wildman–Crippen LogP) is -1.70. The lowest BCUT2D eigenvalue weighted by atomic mass is 10.1. The number of benzene rings is 1. The maximum Gasteiger partial charge on any atom is 0.513 e.